The van der Waals surface area contributed by atoms with Crippen molar-refractivity contribution in [3.05, 3.63) is 11.1 Å². The molecule has 1 saturated heterocycles. The predicted molar refractivity (Wildman–Crippen MR) is 65.0 cm³/mol. The second-order valence-corrected chi connectivity index (χ2v) is 5.51. The average Bonchev–Trinajstić information content (AvgIpc) is 2.90. The highest BCUT2D eigenvalue weighted by atomic mass is 32.1. The third kappa shape index (κ3) is 2.34. The first-order chi connectivity index (χ1) is 8.24. The highest BCUT2D eigenvalue weighted by Gasteiger charge is 2.32. The number of rotatable bonds is 3. The largest absolute Gasteiger partial charge is 0.379 e. The third-order valence-electron chi connectivity index (χ3n) is 3.21. The van der Waals surface area contributed by atoms with E-state index in [1.54, 1.807) is 0 Å². The van der Waals surface area contributed by atoms with Crippen LogP contribution >= 0.6 is 11.3 Å². The zero-order valence-electron chi connectivity index (χ0n) is 9.39. The lowest BCUT2D eigenvalue weighted by atomic mass is 10.0. The Morgan fingerprint density at radius 2 is 2.35 bits per heavy atom. The molecule has 92 valence electrons. The van der Waals surface area contributed by atoms with Gasteiger partial charge in [-0.2, -0.15) is 0 Å². The van der Waals surface area contributed by atoms with Gasteiger partial charge in [0.2, 0.25) is 5.91 Å². The van der Waals surface area contributed by atoms with Gasteiger partial charge in [-0.3, -0.25) is 4.79 Å². The molecule has 1 aromatic heterocycles. The fourth-order valence-electron chi connectivity index (χ4n) is 1.95. The zero-order chi connectivity index (χ0) is 11.8. The number of nitrogens with zero attached hydrogens (tertiary/aromatic N) is 1. The first kappa shape index (κ1) is 11.1. The molecule has 17 heavy (non-hydrogen) atoms. The minimum absolute atomic E-state index is 0.0771. The van der Waals surface area contributed by atoms with Crippen LogP contribution in [0.25, 0.3) is 0 Å². The monoisotopic (exact) mass is 253 g/mol. The first-order valence-electron chi connectivity index (χ1n) is 5.83. The Morgan fingerprint density at radius 1 is 1.53 bits per heavy atom. The molecule has 2 heterocycles. The summed E-state index contributed by atoms with van der Waals surface area (Å²) in [4.78, 5) is 16.3. The van der Waals surface area contributed by atoms with E-state index >= 15 is 0 Å². The SMILES string of the molecule is NC1COCC1C(=O)Nc1nc(C2CC2)cs1. The maximum Gasteiger partial charge on any atom is 0.233 e. The van der Waals surface area contributed by atoms with E-state index in [0.717, 1.165) is 5.69 Å². The Bertz CT molecular complexity index is 430. The lowest BCUT2D eigenvalue weighted by Crippen LogP contribution is -2.37. The van der Waals surface area contributed by atoms with Crippen molar-refractivity contribution in [1.82, 2.24) is 4.98 Å². The van der Waals surface area contributed by atoms with E-state index < -0.39 is 0 Å². The molecule has 1 aliphatic carbocycles. The summed E-state index contributed by atoms with van der Waals surface area (Å²) < 4.78 is 5.18. The molecule has 2 aliphatic rings. The van der Waals surface area contributed by atoms with E-state index in [2.05, 4.69) is 10.3 Å². The Kier molecular flexibility index (Phi) is 2.85. The van der Waals surface area contributed by atoms with Gasteiger partial charge < -0.3 is 15.8 Å². The maximum absolute atomic E-state index is 11.9. The van der Waals surface area contributed by atoms with Gasteiger partial charge in [-0.1, -0.05) is 0 Å². The van der Waals surface area contributed by atoms with Gasteiger partial charge in [0.15, 0.2) is 5.13 Å². The van der Waals surface area contributed by atoms with Crippen LogP contribution in [-0.2, 0) is 9.53 Å². The summed E-state index contributed by atoms with van der Waals surface area (Å²) in [6, 6.07) is -0.196. The molecule has 0 radical (unpaired) electrons. The minimum Gasteiger partial charge on any atom is -0.379 e. The average molecular weight is 253 g/mol. The quantitative estimate of drug-likeness (QED) is 0.840. The van der Waals surface area contributed by atoms with Crippen molar-refractivity contribution in [2.24, 2.45) is 11.7 Å². The first-order valence-corrected chi connectivity index (χ1v) is 6.71. The van der Waals surface area contributed by atoms with E-state index in [1.165, 1.54) is 24.2 Å². The molecule has 6 heteroatoms. The Hall–Kier alpha value is -0.980. The summed E-state index contributed by atoms with van der Waals surface area (Å²) in [5, 5.41) is 5.53. The van der Waals surface area contributed by atoms with Crippen molar-refractivity contribution in [2.75, 3.05) is 18.5 Å². The number of hydrogen-bond donors (Lipinski definition) is 2. The summed E-state index contributed by atoms with van der Waals surface area (Å²) in [5.41, 5.74) is 6.90. The zero-order valence-corrected chi connectivity index (χ0v) is 10.2. The standard InChI is InChI=1S/C11H15N3O2S/c12-8-4-16-3-7(8)10(15)14-11-13-9(5-17-11)6-1-2-6/h5-8H,1-4,12H2,(H,13,14,15). The highest BCUT2D eigenvalue weighted by molar-refractivity contribution is 7.13. The second-order valence-electron chi connectivity index (χ2n) is 4.65. The molecule has 5 nitrogen and oxygen atoms in total. The van der Waals surface area contributed by atoms with Crippen LogP contribution in [0.5, 0.6) is 0 Å². The van der Waals surface area contributed by atoms with Crippen LogP contribution in [0.2, 0.25) is 0 Å². The molecule has 0 spiro atoms. The highest BCUT2D eigenvalue weighted by Crippen LogP contribution is 2.40. The van der Waals surface area contributed by atoms with Crippen LogP contribution in [0.15, 0.2) is 5.38 Å². The number of carbonyl (C=O) groups is 1. The number of amides is 1. The fraction of sp³-hybridized carbons (Fsp3) is 0.636. The van der Waals surface area contributed by atoms with Crippen molar-refractivity contribution in [2.45, 2.75) is 24.8 Å². The maximum atomic E-state index is 11.9. The van der Waals surface area contributed by atoms with E-state index in [-0.39, 0.29) is 17.9 Å². The van der Waals surface area contributed by atoms with Crippen molar-refractivity contribution < 1.29 is 9.53 Å². The molecule has 0 aromatic carbocycles. The second kappa shape index (κ2) is 4.36. The third-order valence-corrected chi connectivity index (χ3v) is 3.98. The van der Waals surface area contributed by atoms with Gasteiger partial charge in [-0.25, -0.2) is 4.98 Å². The lowest BCUT2D eigenvalue weighted by Gasteiger charge is -2.11. The molecular weight excluding hydrogens is 238 g/mol. The molecule has 1 saturated carbocycles. The number of thiazole rings is 1. The van der Waals surface area contributed by atoms with E-state index in [0.29, 0.717) is 24.3 Å². The topological polar surface area (TPSA) is 77.2 Å². The molecule has 1 amide bonds. The normalized spacial score (nSPS) is 28.3. The number of carbonyl (C=O) groups excluding carboxylic acids is 1. The Balaban J connectivity index is 1.63. The summed E-state index contributed by atoms with van der Waals surface area (Å²) in [7, 11) is 0. The smallest absolute Gasteiger partial charge is 0.233 e. The van der Waals surface area contributed by atoms with Gasteiger partial charge >= 0.3 is 0 Å². The van der Waals surface area contributed by atoms with Crippen molar-refractivity contribution in [3.8, 4) is 0 Å². The van der Waals surface area contributed by atoms with E-state index in [9.17, 15) is 4.79 Å². The summed E-state index contributed by atoms with van der Waals surface area (Å²) >= 11 is 1.48. The molecule has 2 atom stereocenters. The van der Waals surface area contributed by atoms with Crippen molar-refractivity contribution in [1.29, 1.82) is 0 Å². The van der Waals surface area contributed by atoms with Gasteiger partial charge in [0.05, 0.1) is 24.8 Å². The fourth-order valence-corrected chi connectivity index (χ4v) is 2.74. The van der Waals surface area contributed by atoms with E-state index in [1.807, 2.05) is 5.38 Å². The molecule has 2 unspecified atom stereocenters. The van der Waals surface area contributed by atoms with Gasteiger partial charge in [-0.05, 0) is 12.8 Å². The summed E-state index contributed by atoms with van der Waals surface area (Å²) in [6.45, 7) is 0.872. The van der Waals surface area contributed by atoms with Crippen LogP contribution in [0.3, 0.4) is 0 Å². The van der Waals surface area contributed by atoms with Crippen LogP contribution in [0, 0.1) is 5.92 Å². The number of anilines is 1. The molecule has 1 aromatic rings. The van der Waals surface area contributed by atoms with Crippen LogP contribution < -0.4 is 11.1 Å². The van der Waals surface area contributed by atoms with Gasteiger partial charge in [0.1, 0.15) is 0 Å². The van der Waals surface area contributed by atoms with Gasteiger partial charge in [-0.15, -0.1) is 11.3 Å². The Labute approximate surface area is 103 Å². The lowest BCUT2D eigenvalue weighted by molar-refractivity contribution is -0.120. The summed E-state index contributed by atoms with van der Waals surface area (Å²) in [6.07, 6.45) is 2.44. The number of aromatic nitrogens is 1. The van der Waals surface area contributed by atoms with Crippen molar-refractivity contribution >= 4 is 22.4 Å². The number of ether oxygens (including phenoxy) is 1. The predicted octanol–water partition coefficient (Wildman–Crippen LogP) is 0.933. The van der Waals surface area contributed by atoms with Crippen LogP contribution in [0.4, 0.5) is 5.13 Å². The molecule has 2 fully saturated rings. The van der Waals surface area contributed by atoms with Gasteiger partial charge in [0, 0.05) is 17.3 Å². The molecule has 1 aliphatic heterocycles. The molecular formula is C11H15N3O2S. The molecule has 3 N–H and O–H groups in total. The van der Waals surface area contributed by atoms with Crippen LogP contribution in [0.1, 0.15) is 24.5 Å². The number of nitrogens with two attached hydrogens (primary N) is 1. The number of nitrogens with one attached hydrogen (secondary N) is 1. The van der Waals surface area contributed by atoms with Crippen LogP contribution in [-0.4, -0.2) is 30.1 Å². The van der Waals surface area contributed by atoms with Crippen molar-refractivity contribution in [3.63, 3.8) is 0 Å². The minimum atomic E-state index is -0.247. The Morgan fingerprint density at radius 3 is 3.00 bits per heavy atom. The molecule has 3 rings (SSSR count). The van der Waals surface area contributed by atoms with Gasteiger partial charge in [0.25, 0.3) is 0 Å². The number of hydrogen-bond acceptors (Lipinski definition) is 5. The van der Waals surface area contributed by atoms with E-state index in [4.69, 9.17) is 10.5 Å². The summed E-state index contributed by atoms with van der Waals surface area (Å²) in [5.74, 6) is 0.295. The molecule has 0 bridgehead atoms.